The summed E-state index contributed by atoms with van der Waals surface area (Å²) in [7, 11) is 0. The fraction of sp³-hybridized carbons (Fsp3) is 0.214. The number of fused-ring (bicyclic) bond motifs is 1. The molecular formula is C14H10ClF3N4OS2. The number of alkyl halides is 3. The molecule has 3 rings (SSSR count). The number of hydrogen-bond donors (Lipinski definition) is 1. The van der Waals surface area contributed by atoms with Crippen molar-refractivity contribution in [2.45, 2.75) is 17.9 Å². The van der Waals surface area contributed by atoms with Gasteiger partial charge in [0.1, 0.15) is 0 Å². The van der Waals surface area contributed by atoms with Crippen LogP contribution in [-0.2, 0) is 17.5 Å². The number of carbonyl (C=O) groups is 1. The third kappa shape index (κ3) is 4.25. The number of aromatic nitrogens is 3. The zero-order valence-electron chi connectivity index (χ0n) is 12.4. The Kier molecular flexibility index (Phi) is 5.21. The molecule has 0 aliphatic rings. The molecule has 3 aromatic heterocycles. The Morgan fingerprint density at radius 1 is 1.40 bits per heavy atom. The van der Waals surface area contributed by atoms with E-state index < -0.39 is 11.7 Å². The molecule has 132 valence electrons. The lowest BCUT2D eigenvalue weighted by Gasteiger charge is -2.08. The summed E-state index contributed by atoms with van der Waals surface area (Å²) in [5, 5.41) is 12.2. The highest BCUT2D eigenvalue weighted by Crippen LogP contribution is 2.33. The molecule has 1 amide bonds. The predicted molar refractivity (Wildman–Crippen MR) is 89.9 cm³/mol. The molecule has 0 bridgehead atoms. The van der Waals surface area contributed by atoms with Gasteiger partial charge in [-0.15, -0.1) is 21.5 Å². The van der Waals surface area contributed by atoms with Crippen molar-refractivity contribution >= 4 is 46.3 Å². The molecule has 0 aliphatic carbocycles. The van der Waals surface area contributed by atoms with Crippen molar-refractivity contribution in [1.82, 2.24) is 19.9 Å². The summed E-state index contributed by atoms with van der Waals surface area (Å²) in [6.45, 7) is 0.404. The van der Waals surface area contributed by atoms with E-state index in [-0.39, 0.29) is 27.5 Å². The monoisotopic (exact) mass is 406 g/mol. The molecular weight excluding hydrogens is 397 g/mol. The number of nitrogens with one attached hydrogen (secondary N) is 1. The Labute approximate surface area is 153 Å². The van der Waals surface area contributed by atoms with Gasteiger partial charge in [-0.05, 0) is 17.5 Å². The van der Waals surface area contributed by atoms with E-state index in [1.165, 1.54) is 11.3 Å². The van der Waals surface area contributed by atoms with Crippen molar-refractivity contribution in [3.05, 3.63) is 45.2 Å². The van der Waals surface area contributed by atoms with Gasteiger partial charge in [0.15, 0.2) is 10.8 Å². The van der Waals surface area contributed by atoms with Crippen LogP contribution in [0.3, 0.4) is 0 Å². The van der Waals surface area contributed by atoms with Gasteiger partial charge in [0.05, 0.1) is 22.9 Å². The highest BCUT2D eigenvalue weighted by Gasteiger charge is 2.32. The second kappa shape index (κ2) is 7.22. The summed E-state index contributed by atoms with van der Waals surface area (Å²) in [5.41, 5.74) is -0.801. The largest absolute Gasteiger partial charge is 0.417 e. The minimum atomic E-state index is -4.54. The molecule has 3 heterocycles. The minimum Gasteiger partial charge on any atom is -0.350 e. The van der Waals surface area contributed by atoms with Crippen molar-refractivity contribution in [2.75, 3.05) is 5.75 Å². The standard InChI is InChI=1S/C14H10ClF3N4OS2/c15-10-4-8(14(16,17)18)6-22-12(10)20-21-13(22)25-7-11(23)19-5-9-2-1-3-24-9/h1-4,6H,5,7H2,(H,19,23). The molecule has 1 N–H and O–H groups in total. The van der Waals surface area contributed by atoms with Gasteiger partial charge in [-0.2, -0.15) is 13.2 Å². The van der Waals surface area contributed by atoms with Crippen molar-refractivity contribution in [3.63, 3.8) is 0 Å². The molecule has 3 aromatic rings. The van der Waals surface area contributed by atoms with Crippen molar-refractivity contribution < 1.29 is 18.0 Å². The molecule has 0 aromatic carbocycles. The molecule has 5 nitrogen and oxygen atoms in total. The SMILES string of the molecule is O=C(CSc1nnc2c(Cl)cc(C(F)(F)F)cn12)NCc1cccs1. The van der Waals surface area contributed by atoms with Gasteiger partial charge in [0.25, 0.3) is 0 Å². The number of thioether (sulfide) groups is 1. The van der Waals surface area contributed by atoms with E-state index in [4.69, 9.17) is 11.6 Å². The third-order valence-electron chi connectivity index (χ3n) is 3.13. The first-order valence-corrected chi connectivity index (χ1v) is 9.12. The van der Waals surface area contributed by atoms with Crippen LogP contribution in [0.1, 0.15) is 10.4 Å². The van der Waals surface area contributed by atoms with Crippen LogP contribution in [-0.4, -0.2) is 26.3 Å². The molecule has 0 saturated carbocycles. The minimum absolute atomic E-state index is 0.0000328. The summed E-state index contributed by atoms with van der Waals surface area (Å²) < 4.78 is 39.8. The molecule has 0 fully saturated rings. The molecule has 0 aliphatic heterocycles. The maximum absolute atomic E-state index is 12.9. The summed E-state index contributed by atoms with van der Waals surface area (Å²) in [6, 6.07) is 4.57. The van der Waals surface area contributed by atoms with Crippen molar-refractivity contribution in [2.24, 2.45) is 0 Å². The number of rotatable bonds is 5. The molecule has 0 spiro atoms. The first-order valence-electron chi connectivity index (χ1n) is 6.88. The van der Waals surface area contributed by atoms with Gasteiger partial charge in [-0.3, -0.25) is 9.20 Å². The maximum atomic E-state index is 12.9. The van der Waals surface area contributed by atoms with E-state index in [1.807, 2.05) is 17.5 Å². The van der Waals surface area contributed by atoms with Crippen LogP contribution in [0.5, 0.6) is 0 Å². The average molecular weight is 407 g/mol. The van der Waals surface area contributed by atoms with Gasteiger partial charge in [-0.1, -0.05) is 29.4 Å². The molecule has 0 atom stereocenters. The fourth-order valence-corrected chi connectivity index (χ4v) is 3.60. The Hall–Kier alpha value is -1.78. The highest BCUT2D eigenvalue weighted by atomic mass is 35.5. The Morgan fingerprint density at radius 2 is 2.20 bits per heavy atom. The van der Waals surface area contributed by atoms with Gasteiger partial charge in [0.2, 0.25) is 5.91 Å². The molecule has 0 unspecified atom stereocenters. The number of nitrogens with zero attached hydrogens (tertiary/aromatic N) is 3. The lowest BCUT2D eigenvalue weighted by molar-refractivity contribution is -0.137. The van der Waals surface area contributed by atoms with E-state index in [0.29, 0.717) is 6.54 Å². The lowest BCUT2D eigenvalue weighted by Crippen LogP contribution is -2.24. The lowest BCUT2D eigenvalue weighted by atomic mass is 10.3. The van der Waals surface area contributed by atoms with Gasteiger partial charge < -0.3 is 5.32 Å². The third-order valence-corrected chi connectivity index (χ3v) is 5.23. The van der Waals surface area contributed by atoms with Crippen molar-refractivity contribution in [3.8, 4) is 0 Å². The fourth-order valence-electron chi connectivity index (χ4n) is 1.97. The number of thiophene rings is 1. The number of hydrogen-bond acceptors (Lipinski definition) is 5. The zero-order chi connectivity index (χ0) is 18.0. The maximum Gasteiger partial charge on any atom is 0.417 e. The van der Waals surface area contributed by atoms with Crippen LogP contribution in [0.15, 0.2) is 34.9 Å². The van der Waals surface area contributed by atoms with Crippen molar-refractivity contribution in [1.29, 1.82) is 0 Å². The van der Waals surface area contributed by atoms with Crippen LogP contribution in [0.25, 0.3) is 5.65 Å². The summed E-state index contributed by atoms with van der Waals surface area (Å²) in [5.74, 6) is -0.256. The highest BCUT2D eigenvalue weighted by molar-refractivity contribution is 7.99. The zero-order valence-corrected chi connectivity index (χ0v) is 14.8. The Balaban J connectivity index is 1.71. The van der Waals surface area contributed by atoms with Gasteiger partial charge in [0, 0.05) is 11.1 Å². The normalized spacial score (nSPS) is 11.8. The van der Waals surface area contributed by atoms with E-state index in [1.54, 1.807) is 0 Å². The van der Waals surface area contributed by atoms with E-state index in [2.05, 4.69) is 15.5 Å². The van der Waals surface area contributed by atoms with E-state index in [0.717, 1.165) is 33.3 Å². The van der Waals surface area contributed by atoms with Crippen LogP contribution in [0, 0.1) is 0 Å². The van der Waals surface area contributed by atoms with Crippen LogP contribution < -0.4 is 5.32 Å². The number of carbonyl (C=O) groups excluding carboxylic acids is 1. The second-order valence-electron chi connectivity index (χ2n) is 4.90. The number of pyridine rings is 1. The van der Waals surface area contributed by atoms with Gasteiger partial charge >= 0.3 is 6.18 Å². The smallest absolute Gasteiger partial charge is 0.350 e. The number of halogens is 4. The molecule has 25 heavy (non-hydrogen) atoms. The summed E-state index contributed by atoms with van der Waals surface area (Å²) in [6.07, 6.45) is -3.67. The van der Waals surface area contributed by atoms with Crippen LogP contribution in [0.4, 0.5) is 13.2 Å². The van der Waals surface area contributed by atoms with E-state index in [9.17, 15) is 18.0 Å². The molecule has 0 radical (unpaired) electrons. The average Bonchev–Trinajstić information content (AvgIpc) is 3.19. The second-order valence-corrected chi connectivity index (χ2v) is 7.28. The quantitative estimate of drug-likeness (QED) is 0.653. The first-order chi connectivity index (χ1) is 11.8. The van der Waals surface area contributed by atoms with Crippen LogP contribution in [0.2, 0.25) is 5.02 Å². The summed E-state index contributed by atoms with van der Waals surface area (Å²) >= 11 is 8.34. The summed E-state index contributed by atoms with van der Waals surface area (Å²) in [4.78, 5) is 12.9. The predicted octanol–water partition coefficient (Wildman–Crippen LogP) is 3.87. The molecule has 0 saturated heterocycles. The van der Waals surface area contributed by atoms with Crippen LogP contribution >= 0.6 is 34.7 Å². The Bertz CT molecular complexity index is 895. The first kappa shape index (κ1) is 18.0. The number of amides is 1. The van der Waals surface area contributed by atoms with Gasteiger partial charge in [-0.25, -0.2) is 0 Å². The topological polar surface area (TPSA) is 59.3 Å². The Morgan fingerprint density at radius 3 is 2.88 bits per heavy atom. The van der Waals surface area contributed by atoms with E-state index >= 15 is 0 Å². The molecule has 11 heteroatoms.